The van der Waals surface area contributed by atoms with Crippen molar-refractivity contribution in [3.63, 3.8) is 0 Å². The Morgan fingerprint density at radius 3 is 2.84 bits per heavy atom. The minimum absolute atomic E-state index is 0.0448. The SMILES string of the molecule is COCCOc1cc(CNS(=O)(=O)c2ccccc2F)cc(-c2cn3c(n2)C=CCN3)c1. The number of sulfonamides is 1. The number of aromatic nitrogens is 2. The van der Waals surface area contributed by atoms with Gasteiger partial charge in [-0.05, 0) is 42.0 Å². The van der Waals surface area contributed by atoms with Crippen molar-refractivity contribution in [3.8, 4) is 17.0 Å². The Kier molecular flexibility index (Phi) is 6.54. The fraction of sp³-hybridized carbons (Fsp3) is 0.227. The first-order valence-electron chi connectivity index (χ1n) is 9.96. The van der Waals surface area contributed by atoms with E-state index < -0.39 is 20.7 Å². The number of ether oxygens (including phenoxy) is 2. The van der Waals surface area contributed by atoms with Crippen LogP contribution >= 0.6 is 0 Å². The highest BCUT2D eigenvalue weighted by Crippen LogP contribution is 2.27. The number of imidazole rings is 1. The molecule has 0 aliphatic carbocycles. The number of methoxy groups -OCH3 is 1. The van der Waals surface area contributed by atoms with Crippen LogP contribution in [0.15, 0.2) is 59.6 Å². The van der Waals surface area contributed by atoms with E-state index in [1.807, 2.05) is 35.2 Å². The minimum atomic E-state index is -4.03. The van der Waals surface area contributed by atoms with Gasteiger partial charge in [-0.3, -0.25) is 0 Å². The summed E-state index contributed by atoms with van der Waals surface area (Å²) < 4.78 is 54.2. The van der Waals surface area contributed by atoms with Crippen molar-refractivity contribution in [1.29, 1.82) is 0 Å². The van der Waals surface area contributed by atoms with Crippen LogP contribution in [-0.4, -0.2) is 44.9 Å². The Morgan fingerprint density at radius 2 is 2.06 bits per heavy atom. The Hall–Kier alpha value is -3.21. The monoisotopic (exact) mass is 458 g/mol. The Labute approximate surface area is 185 Å². The zero-order chi connectivity index (χ0) is 22.6. The summed E-state index contributed by atoms with van der Waals surface area (Å²) in [6, 6.07) is 10.6. The van der Waals surface area contributed by atoms with E-state index in [0.29, 0.717) is 36.8 Å². The third kappa shape index (κ3) is 4.98. The predicted molar refractivity (Wildman–Crippen MR) is 119 cm³/mol. The minimum Gasteiger partial charge on any atom is -0.491 e. The van der Waals surface area contributed by atoms with Gasteiger partial charge in [0.25, 0.3) is 0 Å². The summed E-state index contributed by atoms with van der Waals surface area (Å²) in [6.07, 6.45) is 5.75. The summed E-state index contributed by atoms with van der Waals surface area (Å²) >= 11 is 0. The van der Waals surface area contributed by atoms with Crippen LogP contribution in [0, 0.1) is 5.82 Å². The lowest BCUT2D eigenvalue weighted by molar-refractivity contribution is 0.146. The quantitative estimate of drug-likeness (QED) is 0.479. The number of nitrogens with one attached hydrogen (secondary N) is 2. The molecule has 10 heteroatoms. The van der Waals surface area contributed by atoms with Crippen LogP contribution in [0.3, 0.4) is 0 Å². The largest absolute Gasteiger partial charge is 0.491 e. The van der Waals surface area contributed by atoms with Crippen LogP contribution in [0.4, 0.5) is 4.39 Å². The average Bonchev–Trinajstić information content (AvgIpc) is 3.23. The topological polar surface area (TPSA) is 94.5 Å². The molecule has 0 amide bonds. The molecule has 1 aliphatic heterocycles. The third-order valence-corrected chi connectivity index (χ3v) is 6.22. The summed E-state index contributed by atoms with van der Waals surface area (Å²) in [7, 11) is -2.45. The molecule has 32 heavy (non-hydrogen) atoms. The van der Waals surface area contributed by atoms with E-state index in [4.69, 9.17) is 9.47 Å². The molecule has 0 spiro atoms. The lowest BCUT2D eigenvalue weighted by Gasteiger charge is -2.12. The molecule has 2 heterocycles. The molecule has 2 N–H and O–H groups in total. The number of hydrogen-bond donors (Lipinski definition) is 2. The first kappa shape index (κ1) is 22.0. The Balaban J connectivity index is 1.61. The van der Waals surface area contributed by atoms with Gasteiger partial charge in [-0.25, -0.2) is 27.2 Å². The van der Waals surface area contributed by atoms with Crippen LogP contribution in [0.1, 0.15) is 11.4 Å². The maximum absolute atomic E-state index is 14.0. The molecule has 8 nitrogen and oxygen atoms in total. The molecule has 0 bridgehead atoms. The standard InChI is InChI=1S/C22H23FN4O4S/c1-30-9-10-31-18-12-16(14-25-32(28,29)21-6-3-2-5-19(21)23)11-17(13-18)20-15-27-22(26-20)7-4-8-24-27/h2-7,11-13,15,24-25H,8-10,14H2,1H3. The van der Waals surface area contributed by atoms with Gasteiger partial charge in [0.2, 0.25) is 10.0 Å². The van der Waals surface area contributed by atoms with Gasteiger partial charge in [0.1, 0.15) is 23.1 Å². The van der Waals surface area contributed by atoms with E-state index in [9.17, 15) is 12.8 Å². The molecule has 2 aromatic carbocycles. The average molecular weight is 459 g/mol. The van der Waals surface area contributed by atoms with Crippen LogP contribution in [-0.2, 0) is 21.3 Å². The van der Waals surface area contributed by atoms with E-state index in [0.717, 1.165) is 17.5 Å². The maximum Gasteiger partial charge on any atom is 0.243 e. The van der Waals surface area contributed by atoms with E-state index in [-0.39, 0.29) is 6.54 Å². The zero-order valence-corrected chi connectivity index (χ0v) is 18.2. The predicted octanol–water partition coefficient (Wildman–Crippen LogP) is 2.76. The van der Waals surface area contributed by atoms with E-state index in [1.165, 1.54) is 18.2 Å². The number of hydrogen-bond acceptors (Lipinski definition) is 6. The lowest BCUT2D eigenvalue weighted by Crippen LogP contribution is -2.24. The van der Waals surface area contributed by atoms with E-state index in [1.54, 1.807) is 13.2 Å². The molecular formula is C22H23FN4O4S. The van der Waals surface area contributed by atoms with Gasteiger partial charge in [0.15, 0.2) is 5.82 Å². The van der Waals surface area contributed by atoms with Crippen molar-refractivity contribution in [2.45, 2.75) is 11.4 Å². The van der Waals surface area contributed by atoms with Crippen LogP contribution in [0.5, 0.6) is 5.75 Å². The number of fused-ring (bicyclic) bond motifs is 1. The van der Waals surface area contributed by atoms with Gasteiger partial charge in [-0.1, -0.05) is 18.2 Å². The summed E-state index contributed by atoms with van der Waals surface area (Å²) in [5.41, 5.74) is 5.29. The Morgan fingerprint density at radius 1 is 1.22 bits per heavy atom. The van der Waals surface area contributed by atoms with Gasteiger partial charge < -0.3 is 14.9 Å². The molecule has 1 aromatic heterocycles. The maximum atomic E-state index is 14.0. The molecule has 0 unspecified atom stereocenters. The smallest absolute Gasteiger partial charge is 0.243 e. The second kappa shape index (κ2) is 9.51. The summed E-state index contributed by atoms with van der Waals surface area (Å²) in [6.45, 7) is 1.40. The molecule has 0 radical (unpaired) electrons. The fourth-order valence-corrected chi connectivity index (χ4v) is 4.34. The fourth-order valence-electron chi connectivity index (χ4n) is 3.25. The molecule has 1 aliphatic rings. The summed E-state index contributed by atoms with van der Waals surface area (Å²) in [4.78, 5) is 4.22. The van der Waals surface area contributed by atoms with Crippen molar-refractivity contribution in [1.82, 2.24) is 14.4 Å². The zero-order valence-electron chi connectivity index (χ0n) is 17.4. The molecular weight excluding hydrogens is 435 g/mol. The highest BCUT2D eigenvalue weighted by Gasteiger charge is 2.19. The normalized spacial score (nSPS) is 12.9. The summed E-state index contributed by atoms with van der Waals surface area (Å²) in [5.74, 6) is 0.509. The van der Waals surface area contributed by atoms with E-state index in [2.05, 4.69) is 15.1 Å². The number of halogens is 1. The highest BCUT2D eigenvalue weighted by molar-refractivity contribution is 7.89. The second-order valence-corrected chi connectivity index (χ2v) is 8.82. The number of rotatable bonds is 9. The van der Waals surface area contributed by atoms with Crippen molar-refractivity contribution < 1.29 is 22.3 Å². The highest BCUT2D eigenvalue weighted by atomic mass is 32.2. The lowest BCUT2D eigenvalue weighted by atomic mass is 10.1. The summed E-state index contributed by atoms with van der Waals surface area (Å²) in [5, 5.41) is 0. The molecule has 4 rings (SSSR count). The van der Waals surface area contributed by atoms with Gasteiger partial charge in [-0.2, -0.15) is 0 Å². The second-order valence-electron chi connectivity index (χ2n) is 7.08. The van der Waals surface area contributed by atoms with Crippen LogP contribution in [0.2, 0.25) is 0 Å². The first-order chi connectivity index (χ1) is 15.5. The molecule has 0 atom stereocenters. The molecule has 0 saturated carbocycles. The van der Waals surface area contributed by atoms with Gasteiger partial charge in [0, 0.05) is 25.8 Å². The molecule has 0 fully saturated rings. The molecule has 0 saturated heterocycles. The van der Waals surface area contributed by atoms with Crippen molar-refractivity contribution >= 4 is 16.1 Å². The van der Waals surface area contributed by atoms with Gasteiger partial charge in [-0.15, -0.1) is 0 Å². The van der Waals surface area contributed by atoms with E-state index >= 15 is 0 Å². The van der Waals surface area contributed by atoms with Gasteiger partial charge >= 0.3 is 0 Å². The first-order valence-corrected chi connectivity index (χ1v) is 11.4. The Bertz CT molecular complexity index is 1240. The number of benzene rings is 2. The van der Waals surface area contributed by atoms with Crippen molar-refractivity contribution in [2.75, 3.05) is 32.3 Å². The van der Waals surface area contributed by atoms with Crippen LogP contribution < -0.4 is 14.9 Å². The number of nitrogens with zero attached hydrogens (tertiary/aromatic N) is 2. The molecule has 168 valence electrons. The third-order valence-electron chi connectivity index (χ3n) is 4.79. The van der Waals surface area contributed by atoms with Crippen molar-refractivity contribution in [3.05, 3.63) is 71.9 Å². The van der Waals surface area contributed by atoms with Crippen molar-refractivity contribution in [2.24, 2.45) is 0 Å². The van der Waals surface area contributed by atoms with Gasteiger partial charge in [0.05, 0.1) is 18.5 Å². The molecule has 3 aromatic rings. The van der Waals surface area contributed by atoms with Crippen LogP contribution in [0.25, 0.3) is 17.3 Å².